The number of ether oxygens (including phenoxy) is 2. The summed E-state index contributed by atoms with van der Waals surface area (Å²) in [6, 6.07) is 3.58. The summed E-state index contributed by atoms with van der Waals surface area (Å²) in [4.78, 5) is 0. The van der Waals surface area contributed by atoms with Crippen molar-refractivity contribution in [2.75, 3.05) is 13.2 Å². The van der Waals surface area contributed by atoms with Crippen LogP contribution < -0.4 is 9.47 Å². The predicted molar refractivity (Wildman–Crippen MR) is 68.5 cm³/mol. The van der Waals surface area contributed by atoms with Crippen LogP contribution in [0.1, 0.15) is 18.9 Å². The molecule has 0 spiro atoms. The first-order valence-electron chi connectivity index (χ1n) is 6.02. The third kappa shape index (κ3) is 3.07. The lowest BCUT2D eigenvalue weighted by molar-refractivity contribution is 0.0265. The molecule has 0 radical (unpaired) electrons. The van der Waals surface area contributed by atoms with Crippen LogP contribution in [0.3, 0.4) is 0 Å². The Labute approximate surface area is 111 Å². The van der Waals surface area contributed by atoms with E-state index in [4.69, 9.17) is 21.1 Å². The fourth-order valence-corrected chi connectivity index (χ4v) is 2.09. The van der Waals surface area contributed by atoms with Gasteiger partial charge in [0.05, 0.1) is 12.2 Å². The molecule has 1 aromatic rings. The first-order chi connectivity index (χ1) is 8.58. The third-order valence-electron chi connectivity index (χ3n) is 2.98. The van der Waals surface area contributed by atoms with Gasteiger partial charge < -0.3 is 19.7 Å². The topological polar surface area (TPSA) is 58.9 Å². The van der Waals surface area contributed by atoms with Gasteiger partial charge in [-0.2, -0.15) is 0 Å². The number of halogens is 1. The smallest absolute Gasteiger partial charge is 0.162 e. The molecule has 0 saturated carbocycles. The second kappa shape index (κ2) is 5.78. The van der Waals surface area contributed by atoms with Crippen molar-refractivity contribution in [2.45, 2.75) is 32.0 Å². The lowest BCUT2D eigenvalue weighted by atomic mass is 10.0. The van der Waals surface area contributed by atoms with Crippen LogP contribution in [-0.4, -0.2) is 35.6 Å². The molecule has 2 atom stereocenters. The van der Waals surface area contributed by atoms with Gasteiger partial charge in [0.15, 0.2) is 11.5 Å². The van der Waals surface area contributed by atoms with Crippen LogP contribution in [0.25, 0.3) is 0 Å². The van der Waals surface area contributed by atoms with E-state index in [-0.39, 0.29) is 0 Å². The summed E-state index contributed by atoms with van der Waals surface area (Å²) in [5.41, 5.74) is 0.889. The summed E-state index contributed by atoms with van der Waals surface area (Å²) < 4.78 is 10.9. The average Bonchev–Trinajstić information content (AvgIpc) is 2.35. The van der Waals surface area contributed by atoms with Crippen molar-refractivity contribution in [2.24, 2.45) is 0 Å². The van der Waals surface area contributed by atoms with E-state index in [0.29, 0.717) is 42.6 Å². The molecule has 2 rings (SSSR count). The van der Waals surface area contributed by atoms with Crippen LogP contribution in [0.2, 0.25) is 5.02 Å². The van der Waals surface area contributed by atoms with Crippen molar-refractivity contribution < 1.29 is 19.7 Å². The molecule has 2 unspecified atom stereocenters. The zero-order chi connectivity index (χ0) is 13.1. The normalized spacial score (nSPS) is 17.3. The Hall–Kier alpha value is -0.970. The molecule has 1 heterocycles. The Morgan fingerprint density at radius 1 is 1.22 bits per heavy atom. The van der Waals surface area contributed by atoms with Crippen LogP contribution >= 0.6 is 11.6 Å². The van der Waals surface area contributed by atoms with Gasteiger partial charge in [-0.25, -0.2) is 0 Å². The number of aliphatic hydroxyl groups is 2. The first-order valence-corrected chi connectivity index (χ1v) is 6.40. The summed E-state index contributed by atoms with van der Waals surface area (Å²) >= 11 is 6.14. The fourth-order valence-electron chi connectivity index (χ4n) is 1.84. The van der Waals surface area contributed by atoms with Crippen molar-refractivity contribution >= 4 is 11.6 Å². The summed E-state index contributed by atoms with van der Waals surface area (Å²) in [6.07, 6.45) is -0.436. The second-order valence-corrected chi connectivity index (χ2v) is 4.84. The van der Waals surface area contributed by atoms with Crippen LogP contribution in [0.5, 0.6) is 11.5 Å². The lowest BCUT2D eigenvalue weighted by Gasteiger charge is -2.20. The highest BCUT2D eigenvalue weighted by Gasteiger charge is 2.17. The highest BCUT2D eigenvalue weighted by atomic mass is 35.5. The van der Waals surface area contributed by atoms with Gasteiger partial charge in [0, 0.05) is 11.1 Å². The van der Waals surface area contributed by atoms with Crippen molar-refractivity contribution in [3.8, 4) is 11.5 Å². The molecule has 0 aliphatic carbocycles. The number of aliphatic hydroxyl groups excluding tert-OH is 2. The zero-order valence-corrected chi connectivity index (χ0v) is 11.0. The van der Waals surface area contributed by atoms with E-state index in [1.807, 2.05) is 6.07 Å². The molecule has 0 fully saturated rings. The Balaban J connectivity index is 2.08. The van der Waals surface area contributed by atoms with Gasteiger partial charge in [-0.15, -0.1) is 0 Å². The maximum absolute atomic E-state index is 9.57. The monoisotopic (exact) mass is 272 g/mol. The van der Waals surface area contributed by atoms with Crippen molar-refractivity contribution in [1.82, 2.24) is 0 Å². The van der Waals surface area contributed by atoms with Crippen molar-refractivity contribution in [3.63, 3.8) is 0 Å². The lowest BCUT2D eigenvalue weighted by Crippen LogP contribution is -2.23. The first kappa shape index (κ1) is 13.5. The Morgan fingerprint density at radius 2 is 1.83 bits per heavy atom. The third-order valence-corrected chi connectivity index (χ3v) is 3.33. The van der Waals surface area contributed by atoms with Crippen LogP contribution in [0.4, 0.5) is 0 Å². The SMILES string of the molecule is CC(O)C(O)CCc1cc2c(cc1Cl)OCCO2. The van der Waals surface area contributed by atoms with Gasteiger partial charge in [0.25, 0.3) is 0 Å². The Bertz CT molecular complexity index is 420. The Kier molecular flexibility index (Phi) is 4.32. The van der Waals surface area contributed by atoms with Crippen LogP contribution in [0, 0.1) is 0 Å². The largest absolute Gasteiger partial charge is 0.486 e. The van der Waals surface area contributed by atoms with Crippen LogP contribution in [-0.2, 0) is 6.42 Å². The number of aryl methyl sites for hydroxylation is 1. The maximum atomic E-state index is 9.57. The van der Waals surface area contributed by atoms with E-state index >= 15 is 0 Å². The molecule has 100 valence electrons. The van der Waals surface area contributed by atoms with Crippen molar-refractivity contribution in [1.29, 1.82) is 0 Å². The van der Waals surface area contributed by atoms with E-state index in [9.17, 15) is 10.2 Å². The minimum atomic E-state index is -0.741. The van der Waals surface area contributed by atoms with Gasteiger partial charge in [-0.3, -0.25) is 0 Å². The molecule has 1 aromatic carbocycles. The summed E-state index contributed by atoms with van der Waals surface area (Å²) in [5.74, 6) is 1.35. The predicted octanol–water partition coefficient (Wildman–Crippen LogP) is 1.79. The molecule has 0 aromatic heterocycles. The summed E-state index contributed by atoms with van der Waals surface area (Å²) in [6.45, 7) is 2.63. The molecule has 0 amide bonds. The van der Waals surface area contributed by atoms with Gasteiger partial charge >= 0.3 is 0 Å². The number of hydrogen-bond donors (Lipinski definition) is 2. The standard InChI is InChI=1S/C13H17ClO4/c1-8(15)11(16)3-2-9-6-12-13(7-10(9)14)18-5-4-17-12/h6-8,11,15-16H,2-5H2,1H3. The second-order valence-electron chi connectivity index (χ2n) is 4.43. The highest BCUT2D eigenvalue weighted by molar-refractivity contribution is 6.31. The number of fused-ring (bicyclic) bond motifs is 1. The average molecular weight is 273 g/mol. The zero-order valence-electron chi connectivity index (χ0n) is 10.2. The summed E-state index contributed by atoms with van der Waals surface area (Å²) in [5, 5.41) is 19.4. The molecular weight excluding hydrogens is 256 g/mol. The summed E-state index contributed by atoms with van der Waals surface area (Å²) in [7, 11) is 0. The van der Waals surface area contributed by atoms with Crippen LogP contribution in [0.15, 0.2) is 12.1 Å². The van der Waals surface area contributed by atoms with E-state index in [2.05, 4.69) is 0 Å². The number of rotatable bonds is 4. The molecular formula is C13H17ClO4. The number of benzene rings is 1. The fraction of sp³-hybridized carbons (Fsp3) is 0.538. The molecule has 4 nitrogen and oxygen atoms in total. The molecule has 18 heavy (non-hydrogen) atoms. The van der Waals surface area contributed by atoms with E-state index in [1.165, 1.54) is 0 Å². The maximum Gasteiger partial charge on any atom is 0.162 e. The minimum Gasteiger partial charge on any atom is -0.486 e. The highest BCUT2D eigenvalue weighted by Crippen LogP contribution is 2.35. The molecule has 2 N–H and O–H groups in total. The van der Waals surface area contributed by atoms with Crippen molar-refractivity contribution in [3.05, 3.63) is 22.7 Å². The van der Waals surface area contributed by atoms with Gasteiger partial charge in [0.2, 0.25) is 0 Å². The molecule has 0 saturated heterocycles. The Morgan fingerprint density at radius 3 is 2.44 bits per heavy atom. The quantitative estimate of drug-likeness (QED) is 0.877. The van der Waals surface area contributed by atoms with Gasteiger partial charge in [-0.1, -0.05) is 11.6 Å². The minimum absolute atomic E-state index is 0.455. The molecule has 5 heteroatoms. The van der Waals surface area contributed by atoms with E-state index in [1.54, 1.807) is 13.0 Å². The van der Waals surface area contributed by atoms with Gasteiger partial charge in [0.1, 0.15) is 13.2 Å². The molecule has 0 bridgehead atoms. The van der Waals surface area contributed by atoms with E-state index < -0.39 is 12.2 Å². The molecule has 1 aliphatic rings. The van der Waals surface area contributed by atoms with E-state index in [0.717, 1.165) is 5.56 Å². The molecule has 1 aliphatic heterocycles. The van der Waals surface area contributed by atoms with Gasteiger partial charge in [-0.05, 0) is 31.4 Å². The number of hydrogen-bond acceptors (Lipinski definition) is 4.